The number of rotatable bonds is 3. The average Bonchev–Trinajstić information content (AvgIpc) is 2.87. The number of aromatic nitrogens is 4. The van der Waals surface area contributed by atoms with Crippen molar-refractivity contribution < 1.29 is 4.79 Å². The molecule has 0 spiro atoms. The summed E-state index contributed by atoms with van der Waals surface area (Å²) in [7, 11) is 1.81. The molecule has 2 N–H and O–H groups in total. The van der Waals surface area contributed by atoms with E-state index in [2.05, 4.69) is 20.6 Å². The Kier molecular flexibility index (Phi) is 2.95. The molecular weight excluding hydrogens is 218 g/mol. The van der Waals surface area contributed by atoms with Crippen LogP contribution in [0.3, 0.4) is 0 Å². The predicted molar refractivity (Wildman–Crippen MR) is 63.9 cm³/mol. The summed E-state index contributed by atoms with van der Waals surface area (Å²) in [6, 6.07) is 0. The summed E-state index contributed by atoms with van der Waals surface area (Å²) < 4.78 is 1.67. The van der Waals surface area contributed by atoms with Crippen LogP contribution in [-0.4, -0.2) is 25.9 Å². The molecule has 1 amide bonds. The van der Waals surface area contributed by atoms with Crippen molar-refractivity contribution in [2.75, 3.05) is 5.32 Å². The van der Waals surface area contributed by atoms with Gasteiger partial charge in [-0.2, -0.15) is 10.2 Å². The second-order valence-corrected chi connectivity index (χ2v) is 3.85. The number of amides is 1. The van der Waals surface area contributed by atoms with E-state index in [1.54, 1.807) is 24.1 Å². The van der Waals surface area contributed by atoms with Crippen molar-refractivity contribution in [2.45, 2.75) is 20.3 Å². The normalized spacial score (nSPS) is 10.5. The van der Waals surface area contributed by atoms with Gasteiger partial charge in [-0.1, -0.05) is 6.92 Å². The number of aromatic amines is 1. The molecule has 0 bridgehead atoms. The monoisotopic (exact) mass is 233 g/mol. The second-order valence-electron chi connectivity index (χ2n) is 3.85. The summed E-state index contributed by atoms with van der Waals surface area (Å²) in [5, 5.41) is 13.5. The highest BCUT2D eigenvalue weighted by Gasteiger charge is 2.14. The summed E-state index contributed by atoms with van der Waals surface area (Å²) >= 11 is 0. The van der Waals surface area contributed by atoms with E-state index >= 15 is 0 Å². The number of carbonyl (C=O) groups excluding carboxylic acids is 1. The van der Waals surface area contributed by atoms with Crippen molar-refractivity contribution in [3.8, 4) is 0 Å². The fourth-order valence-electron chi connectivity index (χ4n) is 1.59. The standard InChI is InChI=1S/C11H15N5O/c1-4-8-5-12-15-10(8)14-11(17)9-6-13-16(3)7(9)2/h5-6H,4H2,1-3H3,(H2,12,14,15,17). The predicted octanol–water partition coefficient (Wildman–Crippen LogP) is 1.27. The summed E-state index contributed by atoms with van der Waals surface area (Å²) in [6.45, 7) is 3.87. The molecule has 0 fully saturated rings. The van der Waals surface area contributed by atoms with Gasteiger partial charge < -0.3 is 5.32 Å². The molecule has 0 atom stereocenters. The molecule has 0 aliphatic heterocycles. The second kappa shape index (κ2) is 4.40. The zero-order chi connectivity index (χ0) is 12.4. The summed E-state index contributed by atoms with van der Waals surface area (Å²) in [5.41, 5.74) is 2.39. The van der Waals surface area contributed by atoms with E-state index in [0.717, 1.165) is 17.7 Å². The number of hydrogen-bond donors (Lipinski definition) is 2. The molecule has 2 heterocycles. The van der Waals surface area contributed by atoms with Crippen LogP contribution in [0.4, 0.5) is 5.82 Å². The number of carbonyl (C=O) groups is 1. The maximum Gasteiger partial charge on any atom is 0.260 e. The number of nitrogens with zero attached hydrogens (tertiary/aromatic N) is 3. The molecular formula is C11H15N5O. The van der Waals surface area contributed by atoms with E-state index < -0.39 is 0 Å². The van der Waals surface area contributed by atoms with Crippen LogP contribution in [0.25, 0.3) is 0 Å². The van der Waals surface area contributed by atoms with Gasteiger partial charge in [-0.25, -0.2) is 0 Å². The van der Waals surface area contributed by atoms with Crippen molar-refractivity contribution in [1.29, 1.82) is 0 Å². The molecule has 2 aromatic heterocycles. The average molecular weight is 233 g/mol. The first-order valence-corrected chi connectivity index (χ1v) is 5.45. The molecule has 17 heavy (non-hydrogen) atoms. The fraction of sp³-hybridized carbons (Fsp3) is 0.364. The van der Waals surface area contributed by atoms with Gasteiger partial charge in [-0.15, -0.1) is 0 Å². The highest BCUT2D eigenvalue weighted by molar-refractivity contribution is 6.04. The van der Waals surface area contributed by atoms with Crippen molar-refractivity contribution in [1.82, 2.24) is 20.0 Å². The lowest BCUT2D eigenvalue weighted by Crippen LogP contribution is -2.14. The molecule has 0 aliphatic rings. The Morgan fingerprint density at radius 3 is 2.88 bits per heavy atom. The Balaban J connectivity index is 2.20. The van der Waals surface area contributed by atoms with Crippen LogP contribution in [0.2, 0.25) is 0 Å². The van der Waals surface area contributed by atoms with E-state index in [-0.39, 0.29) is 5.91 Å². The van der Waals surface area contributed by atoms with E-state index in [9.17, 15) is 4.79 Å². The Bertz CT molecular complexity index is 540. The molecule has 0 aromatic carbocycles. The number of H-pyrrole nitrogens is 1. The van der Waals surface area contributed by atoms with Gasteiger partial charge in [-0.3, -0.25) is 14.6 Å². The lowest BCUT2D eigenvalue weighted by atomic mass is 10.2. The van der Waals surface area contributed by atoms with Gasteiger partial charge in [-0.05, 0) is 13.3 Å². The number of hydrogen-bond acceptors (Lipinski definition) is 3. The SMILES string of the molecule is CCc1cn[nH]c1NC(=O)c1cnn(C)c1C. The molecule has 6 nitrogen and oxygen atoms in total. The van der Waals surface area contributed by atoms with E-state index in [1.807, 2.05) is 13.8 Å². The Hall–Kier alpha value is -2.11. The fourth-order valence-corrected chi connectivity index (χ4v) is 1.59. The lowest BCUT2D eigenvalue weighted by Gasteiger charge is -2.04. The Morgan fingerprint density at radius 2 is 2.29 bits per heavy atom. The minimum Gasteiger partial charge on any atom is -0.307 e. The Labute approximate surface area is 99.0 Å². The van der Waals surface area contributed by atoms with Crippen molar-refractivity contribution in [2.24, 2.45) is 7.05 Å². The Morgan fingerprint density at radius 1 is 1.53 bits per heavy atom. The number of anilines is 1. The first kappa shape index (κ1) is 11.4. The van der Waals surface area contributed by atoms with Crippen molar-refractivity contribution >= 4 is 11.7 Å². The highest BCUT2D eigenvalue weighted by atomic mass is 16.1. The molecule has 2 aromatic rings. The quantitative estimate of drug-likeness (QED) is 0.838. The van der Waals surface area contributed by atoms with Crippen LogP contribution in [0.1, 0.15) is 28.5 Å². The lowest BCUT2D eigenvalue weighted by molar-refractivity contribution is 0.102. The minimum atomic E-state index is -0.172. The zero-order valence-corrected chi connectivity index (χ0v) is 10.1. The summed E-state index contributed by atoms with van der Waals surface area (Å²) in [4.78, 5) is 12.0. The van der Waals surface area contributed by atoms with Crippen molar-refractivity contribution in [3.05, 3.63) is 29.2 Å². The van der Waals surface area contributed by atoms with Crippen LogP contribution in [-0.2, 0) is 13.5 Å². The van der Waals surface area contributed by atoms with E-state index in [4.69, 9.17) is 0 Å². The third kappa shape index (κ3) is 2.06. The molecule has 0 radical (unpaired) electrons. The van der Waals surface area contributed by atoms with Gasteiger partial charge in [0.25, 0.3) is 5.91 Å². The van der Waals surface area contributed by atoms with E-state index in [1.165, 1.54) is 0 Å². The van der Waals surface area contributed by atoms with Crippen LogP contribution >= 0.6 is 0 Å². The molecule has 0 saturated heterocycles. The van der Waals surface area contributed by atoms with Gasteiger partial charge in [0, 0.05) is 18.3 Å². The topological polar surface area (TPSA) is 75.6 Å². The molecule has 0 saturated carbocycles. The molecule has 0 aliphatic carbocycles. The highest BCUT2D eigenvalue weighted by Crippen LogP contribution is 2.14. The van der Waals surface area contributed by atoms with Crippen LogP contribution in [0.5, 0.6) is 0 Å². The van der Waals surface area contributed by atoms with Crippen LogP contribution in [0, 0.1) is 6.92 Å². The molecule has 2 rings (SSSR count). The molecule has 90 valence electrons. The summed E-state index contributed by atoms with van der Waals surface area (Å²) in [5.74, 6) is 0.482. The number of aryl methyl sites for hydroxylation is 2. The van der Waals surface area contributed by atoms with Gasteiger partial charge >= 0.3 is 0 Å². The third-order valence-electron chi connectivity index (χ3n) is 2.82. The molecule has 0 unspecified atom stereocenters. The smallest absolute Gasteiger partial charge is 0.260 e. The summed E-state index contributed by atoms with van der Waals surface area (Å²) in [6.07, 6.45) is 4.09. The number of nitrogens with one attached hydrogen (secondary N) is 2. The maximum absolute atomic E-state index is 12.0. The van der Waals surface area contributed by atoms with Gasteiger partial charge in [0.15, 0.2) is 0 Å². The van der Waals surface area contributed by atoms with Crippen molar-refractivity contribution in [3.63, 3.8) is 0 Å². The molecule has 6 heteroatoms. The zero-order valence-electron chi connectivity index (χ0n) is 10.1. The first-order valence-electron chi connectivity index (χ1n) is 5.45. The minimum absolute atomic E-state index is 0.172. The van der Waals surface area contributed by atoms with Gasteiger partial charge in [0.05, 0.1) is 18.0 Å². The van der Waals surface area contributed by atoms with Gasteiger partial charge in [0.2, 0.25) is 0 Å². The van der Waals surface area contributed by atoms with Crippen LogP contribution in [0.15, 0.2) is 12.4 Å². The van der Waals surface area contributed by atoms with Crippen LogP contribution < -0.4 is 5.32 Å². The largest absolute Gasteiger partial charge is 0.307 e. The first-order chi connectivity index (χ1) is 8.13. The van der Waals surface area contributed by atoms with E-state index in [0.29, 0.717) is 11.4 Å². The maximum atomic E-state index is 12.0. The van der Waals surface area contributed by atoms with Gasteiger partial charge in [0.1, 0.15) is 5.82 Å². The third-order valence-corrected chi connectivity index (χ3v) is 2.82.